The van der Waals surface area contributed by atoms with Crippen LogP contribution in [0.25, 0.3) is 0 Å². The molecule has 0 aliphatic rings. The SMILES string of the molecule is COc1ccc(C(CCc2ccc(C(F)(F)F)cc2)NS(=O)C(C)(C)C)cc1OC. The second-order valence-corrected chi connectivity index (χ2v) is 9.90. The molecule has 0 radical (unpaired) electrons. The number of benzene rings is 2. The number of halogens is 3. The van der Waals surface area contributed by atoms with Crippen LogP contribution >= 0.6 is 0 Å². The van der Waals surface area contributed by atoms with Gasteiger partial charge in [-0.2, -0.15) is 13.2 Å². The minimum Gasteiger partial charge on any atom is -0.493 e. The lowest BCUT2D eigenvalue weighted by molar-refractivity contribution is -0.137. The lowest BCUT2D eigenvalue weighted by Crippen LogP contribution is -2.36. The molecule has 2 unspecified atom stereocenters. The molecule has 0 spiro atoms. The summed E-state index contributed by atoms with van der Waals surface area (Å²) in [6, 6.07) is 10.3. The third kappa shape index (κ3) is 6.47. The van der Waals surface area contributed by atoms with Gasteiger partial charge in [-0.1, -0.05) is 18.2 Å². The van der Waals surface area contributed by atoms with Crippen molar-refractivity contribution >= 4 is 11.0 Å². The quantitative estimate of drug-likeness (QED) is 0.590. The van der Waals surface area contributed by atoms with E-state index in [1.807, 2.05) is 32.9 Å². The smallest absolute Gasteiger partial charge is 0.416 e. The predicted octanol–water partition coefficient (Wildman–Crippen LogP) is 5.45. The Kier molecular flexibility index (Phi) is 7.93. The van der Waals surface area contributed by atoms with Gasteiger partial charge in [-0.25, -0.2) is 8.93 Å². The molecule has 4 nitrogen and oxygen atoms in total. The van der Waals surface area contributed by atoms with E-state index < -0.39 is 27.5 Å². The maximum atomic E-state index is 12.8. The van der Waals surface area contributed by atoms with E-state index in [1.165, 1.54) is 12.1 Å². The van der Waals surface area contributed by atoms with Crippen molar-refractivity contribution < 1.29 is 26.9 Å². The van der Waals surface area contributed by atoms with Gasteiger partial charge in [-0.15, -0.1) is 0 Å². The molecule has 30 heavy (non-hydrogen) atoms. The highest BCUT2D eigenvalue weighted by Gasteiger charge is 2.30. The Balaban J connectivity index is 2.25. The van der Waals surface area contributed by atoms with Crippen LogP contribution < -0.4 is 14.2 Å². The van der Waals surface area contributed by atoms with Gasteiger partial charge < -0.3 is 9.47 Å². The maximum absolute atomic E-state index is 12.8. The second kappa shape index (κ2) is 9.83. The fourth-order valence-electron chi connectivity index (χ4n) is 2.84. The third-order valence-corrected chi connectivity index (χ3v) is 6.23. The van der Waals surface area contributed by atoms with E-state index in [-0.39, 0.29) is 6.04 Å². The monoisotopic (exact) mass is 443 g/mol. The van der Waals surface area contributed by atoms with Crippen molar-refractivity contribution in [2.24, 2.45) is 0 Å². The summed E-state index contributed by atoms with van der Waals surface area (Å²) in [5.74, 6) is 1.14. The zero-order valence-corrected chi connectivity index (χ0v) is 18.6. The standard InChI is InChI=1S/C22H28F3NO3S/c1-21(2,3)30(27)26-18(16-9-13-19(28-4)20(14-16)29-5)12-8-15-6-10-17(11-7-15)22(23,24)25/h6-7,9-11,13-14,18,26H,8,12H2,1-5H3. The van der Waals surface area contributed by atoms with Gasteiger partial charge in [0.15, 0.2) is 11.5 Å². The van der Waals surface area contributed by atoms with Crippen molar-refractivity contribution in [3.05, 3.63) is 59.2 Å². The molecular weight excluding hydrogens is 415 g/mol. The van der Waals surface area contributed by atoms with Crippen molar-refractivity contribution in [1.29, 1.82) is 0 Å². The summed E-state index contributed by atoms with van der Waals surface area (Å²) in [6.45, 7) is 5.62. The first kappa shape index (κ1) is 24.2. The fourth-order valence-corrected chi connectivity index (χ4v) is 3.71. The molecule has 8 heteroatoms. The van der Waals surface area contributed by atoms with Gasteiger partial charge in [-0.3, -0.25) is 0 Å². The van der Waals surface area contributed by atoms with Crippen molar-refractivity contribution in [3.8, 4) is 11.5 Å². The molecule has 0 bridgehead atoms. The largest absolute Gasteiger partial charge is 0.493 e. The van der Waals surface area contributed by atoms with E-state index in [1.54, 1.807) is 20.3 Å². The summed E-state index contributed by atoms with van der Waals surface area (Å²) in [4.78, 5) is 0. The van der Waals surface area contributed by atoms with Crippen LogP contribution in [0.2, 0.25) is 0 Å². The molecule has 0 heterocycles. The Morgan fingerprint density at radius 2 is 1.57 bits per heavy atom. The molecule has 2 atom stereocenters. The van der Waals surface area contributed by atoms with Gasteiger partial charge in [0.25, 0.3) is 0 Å². The molecule has 2 aromatic rings. The van der Waals surface area contributed by atoms with Crippen LogP contribution in [0.1, 0.15) is 49.9 Å². The number of hydrogen-bond donors (Lipinski definition) is 1. The number of nitrogens with one attached hydrogen (secondary N) is 1. The molecule has 0 aliphatic carbocycles. The number of aryl methyl sites for hydroxylation is 1. The normalized spacial score (nSPS) is 14.3. The van der Waals surface area contributed by atoms with Crippen LogP contribution in [0.3, 0.4) is 0 Å². The highest BCUT2D eigenvalue weighted by molar-refractivity contribution is 7.84. The summed E-state index contributed by atoms with van der Waals surface area (Å²) in [6.07, 6.45) is -3.29. The number of hydrogen-bond acceptors (Lipinski definition) is 3. The van der Waals surface area contributed by atoms with Crippen LogP contribution in [0.15, 0.2) is 42.5 Å². The zero-order valence-electron chi connectivity index (χ0n) is 17.8. The molecule has 2 rings (SSSR count). The molecule has 1 N–H and O–H groups in total. The first-order chi connectivity index (χ1) is 14.0. The van der Waals surface area contributed by atoms with Gasteiger partial charge in [0.2, 0.25) is 0 Å². The third-order valence-electron chi connectivity index (χ3n) is 4.62. The second-order valence-electron chi connectivity index (χ2n) is 7.90. The Labute approximate surface area is 178 Å². The molecule has 0 aliphatic heterocycles. The lowest BCUT2D eigenvalue weighted by Gasteiger charge is -2.25. The number of ether oxygens (including phenoxy) is 2. The van der Waals surface area contributed by atoms with E-state index in [0.717, 1.165) is 23.3 Å². The molecule has 0 amide bonds. The summed E-state index contributed by atoms with van der Waals surface area (Å²) in [5, 5.41) is 0. The van der Waals surface area contributed by atoms with Crippen LogP contribution in [0, 0.1) is 0 Å². The first-order valence-electron chi connectivity index (χ1n) is 9.52. The average molecular weight is 444 g/mol. The molecule has 2 aromatic carbocycles. The average Bonchev–Trinajstić information content (AvgIpc) is 2.69. The molecule has 0 aromatic heterocycles. The van der Waals surface area contributed by atoms with Crippen molar-refractivity contribution in [1.82, 2.24) is 4.72 Å². The molecule has 0 saturated heterocycles. The first-order valence-corrected chi connectivity index (χ1v) is 10.7. The lowest BCUT2D eigenvalue weighted by atomic mass is 9.98. The Morgan fingerprint density at radius 3 is 2.07 bits per heavy atom. The van der Waals surface area contributed by atoms with E-state index >= 15 is 0 Å². The summed E-state index contributed by atoms with van der Waals surface area (Å²) >= 11 is 0. The van der Waals surface area contributed by atoms with E-state index in [0.29, 0.717) is 24.3 Å². The minimum absolute atomic E-state index is 0.285. The Bertz CT molecular complexity index is 861. The van der Waals surface area contributed by atoms with Crippen LogP contribution in [0.4, 0.5) is 13.2 Å². The topological polar surface area (TPSA) is 47.6 Å². The number of rotatable bonds is 8. The molecular formula is C22H28F3NO3S. The van der Waals surface area contributed by atoms with E-state index in [2.05, 4.69) is 4.72 Å². The van der Waals surface area contributed by atoms with Gasteiger partial charge >= 0.3 is 6.18 Å². The van der Waals surface area contributed by atoms with Gasteiger partial charge in [-0.05, 0) is 69.0 Å². The Hall–Kier alpha value is -2.06. The summed E-state index contributed by atoms with van der Waals surface area (Å²) < 4.78 is 64.4. The molecule has 0 saturated carbocycles. The van der Waals surface area contributed by atoms with Gasteiger partial charge in [0.05, 0.1) is 35.5 Å². The van der Waals surface area contributed by atoms with Crippen LogP contribution in [-0.2, 0) is 23.6 Å². The Morgan fingerprint density at radius 1 is 0.967 bits per heavy atom. The fraction of sp³-hybridized carbons (Fsp3) is 0.455. The van der Waals surface area contributed by atoms with Crippen LogP contribution in [0.5, 0.6) is 11.5 Å². The highest BCUT2D eigenvalue weighted by atomic mass is 32.2. The molecule has 0 fully saturated rings. The predicted molar refractivity (Wildman–Crippen MR) is 113 cm³/mol. The zero-order chi connectivity index (χ0) is 22.5. The maximum Gasteiger partial charge on any atom is 0.416 e. The highest BCUT2D eigenvalue weighted by Crippen LogP contribution is 2.33. The van der Waals surface area contributed by atoms with Gasteiger partial charge in [0, 0.05) is 6.04 Å². The number of alkyl halides is 3. The summed E-state index contributed by atoms with van der Waals surface area (Å²) in [5.41, 5.74) is 0.962. The van der Waals surface area contributed by atoms with Crippen LogP contribution in [-0.4, -0.2) is 23.2 Å². The van der Waals surface area contributed by atoms with E-state index in [4.69, 9.17) is 9.47 Å². The van der Waals surface area contributed by atoms with Gasteiger partial charge in [0.1, 0.15) is 0 Å². The van der Waals surface area contributed by atoms with Crippen molar-refractivity contribution in [2.75, 3.05) is 14.2 Å². The van der Waals surface area contributed by atoms with Crippen molar-refractivity contribution in [3.63, 3.8) is 0 Å². The minimum atomic E-state index is -4.36. The number of methoxy groups -OCH3 is 2. The summed E-state index contributed by atoms with van der Waals surface area (Å²) in [7, 11) is 1.76. The van der Waals surface area contributed by atoms with E-state index in [9.17, 15) is 17.4 Å². The van der Waals surface area contributed by atoms with Crippen molar-refractivity contribution in [2.45, 2.75) is 50.6 Å². The molecule has 166 valence electrons.